The molecule has 1 aliphatic carbocycles. The van der Waals surface area contributed by atoms with Crippen molar-refractivity contribution in [2.45, 2.75) is 44.9 Å². The monoisotopic (exact) mass is 305 g/mol. The SMILES string of the molecule is CCN(CC)CCOC(=S)C1(c2ccccc2)CCCC1. The molecule has 0 heterocycles. The van der Waals surface area contributed by atoms with Crippen LogP contribution in [-0.4, -0.2) is 36.2 Å². The van der Waals surface area contributed by atoms with Gasteiger partial charge in [0.2, 0.25) is 0 Å². The Labute approximate surface area is 134 Å². The summed E-state index contributed by atoms with van der Waals surface area (Å²) in [5.74, 6) is 0. The van der Waals surface area contributed by atoms with Crippen LogP contribution in [0.5, 0.6) is 0 Å². The molecule has 3 heteroatoms. The van der Waals surface area contributed by atoms with E-state index in [1.165, 1.54) is 18.4 Å². The summed E-state index contributed by atoms with van der Waals surface area (Å²) in [6.45, 7) is 8.16. The predicted octanol–water partition coefficient (Wildman–Crippen LogP) is 4.18. The van der Waals surface area contributed by atoms with Crippen molar-refractivity contribution in [3.63, 3.8) is 0 Å². The van der Waals surface area contributed by atoms with Gasteiger partial charge in [0.05, 0.1) is 5.41 Å². The van der Waals surface area contributed by atoms with Crippen molar-refractivity contribution in [3.8, 4) is 0 Å². The molecule has 0 saturated heterocycles. The Hall–Kier alpha value is -0.930. The minimum atomic E-state index is -0.0279. The van der Waals surface area contributed by atoms with E-state index in [9.17, 15) is 0 Å². The normalized spacial score (nSPS) is 17.1. The number of rotatable bonds is 7. The molecular formula is C18H27NOS. The van der Waals surface area contributed by atoms with Gasteiger partial charge in [-0.15, -0.1) is 0 Å². The van der Waals surface area contributed by atoms with Crippen LogP contribution in [0.3, 0.4) is 0 Å². The Kier molecular flexibility index (Phi) is 6.19. The predicted molar refractivity (Wildman–Crippen MR) is 92.9 cm³/mol. The fourth-order valence-electron chi connectivity index (χ4n) is 3.29. The fourth-order valence-corrected chi connectivity index (χ4v) is 3.70. The third-order valence-electron chi connectivity index (χ3n) is 4.71. The zero-order valence-corrected chi connectivity index (χ0v) is 14.1. The maximum absolute atomic E-state index is 6.01. The van der Waals surface area contributed by atoms with Crippen LogP contribution in [-0.2, 0) is 10.2 Å². The second-order valence-electron chi connectivity index (χ2n) is 5.82. The molecule has 0 unspecified atom stereocenters. The van der Waals surface area contributed by atoms with Gasteiger partial charge in [-0.05, 0) is 43.7 Å². The third-order valence-corrected chi connectivity index (χ3v) is 5.22. The molecule has 116 valence electrons. The highest BCUT2D eigenvalue weighted by Crippen LogP contribution is 2.42. The van der Waals surface area contributed by atoms with Crippen molar-refractivity contribution in [3.05, 3.63) is 35.9 Å². The molecule has 0 radical (unpaired) electrons. The minimum absolute atomic E-state index is 0.0279. The summed E-state index contributed by atoms with van der Waals surface area (Å²) in [4.78, 5) is 2.37. The van der Waals surface area contributed by atoms with Gasteiger partial charge in [0, 0.05) is 6.54 Å². The molecule has 1 saturated carbocycles. The van der Waals surface area contributed by atoms with Crippen LogP contribution in [0.15, 0.2) is 30.3 Å². The maximum Gasteiger partial charge on any atom is 0.170 e. The number of nitrogens with zero attached hydrogens (tertiary/aromatic N) is 1. The van der Waals surface area contributed by atoms with E-state index in [1.807, 2.05) is 0 Å². The number of thiocarbonyl (C=S) groups is 1. The standard InChI is InChI=1S/C18H27NOS/c1-3-19(4-2)14-15-20-17(21)18(12-8-9-13-18)16-10-6-5-7-11-16/h5-7,10-11H,3-4,8-9,12-15H2,1-2H3. The van der Waals surface area contributed by atoms with Crippen molar-refractivity contribution >= 4 is 17.3 Å². The molecule has 2 nitrogen and oxygen atoms in total. The molecule has 0 N–H and O–H groups in total. The third kappa shape index (κ3) is 3.83. The van der Waals surface area contributed by atoms with Crippen LogP contribution in [0.25, 0.3) is 0 Å². The number of ether oxygens (including phenoxy) is 1. The van der Waals surface area contributed by atoms with Gasteiger partial charge in [-0.25, -0.2) is 0 Å². The topological polar surface area (TPSA) is 12.5 Å². The first-order valence-electron chi connectivity index (χ1n) is 8.18. The van der Waals surface area contributed by atoms with Gasteiger partial charge in [0.1, 0.15) is 6.61 Å². The van der Waals surface area contributed by atoms with Crippen molar-refractivity contribution in [1.82, 2.24) is 4.90 Å². The molecule has 0 atom stereocenters. The molecule has 0 aliphatic heterocycles. The molecule has 1 aliphatic rings. The summed E-state index contributed by atoms with van der Waals surface area (Å²) < 4.78 is 6.01. The first-order chi connectivity index (χ1) is 10.2. The first-order valence-corrected chi connectivity index (χ1v) is 8.59. The van der Waals surface area contributed by atoms with E-state index in [-0.39, 0.29) is 5.41 Å². The van der Waals surface area contributed by atoms with E-state index in [4.69, 9.17) is 17.0 Å². The number of hydrogen-bond donors (Lipinski definition) is 0. The summed E-state index contributed by atoms with van der Waals surface area (Å²) >= 11 is 5.69. The van der Waals surface area contributed by atoms with Gasteiger partial charge in [0.25, 0.3) is 0 Å². The highest BCUT2D eigenvalue weighted by Gasteiger charge is 2.40. The van der Waals surface area contributed by atoms with Crippen molar-refractivity contribution in [2.75, 3.05) is 26.2 Å². The zero-order valence-electron chi connectivity index (χ0n) is 13.3. The van der Waals surface area contributed by atoms with Crippen molar-refractivity contribution < 1.29 is 4.74 Å². The molecule has 1 fully saturated rings. The molecule has 2 rings (SSSR count). The molecule has 0 amide bonds. The largest absolute Gasteiger partial charge is 0.485 e. The Morgan fingerprint density at radius 1 is 1.14 bits per heavy atom. The molecule has 0 spiro atoms. The lowest BCUT2D eigenvalue weighted by Gasteiger charge is -2.30. The summed E-state index contributed by atoms with van der Waals surface area (Å²) in [5.41, 5.74) is 1.30. The van der Waals surface area contributed by atoms with E-state index in [0.29, 0.717) is 6.61 Å². The Morgan fingerprint density at radius 2 is 1.76 bits per heavy atom. The highest BCUT2D eigenvalue weighted by atomic mass is 32.1. The summed E-state index contributed by atoms with van der Waals surface area (Å²) in [5, 5.41) is 0.804. The van der Waals surface area contributed by atoms with Crippen LogP contribution >= 0.6 is 12.2 Å². The Bertz CT molecular complexity index is 436. The Balaban J connectivity index is 2.00. The lowest BCUT2D eigenvalue weighted by molar-refractivity contribution is 0.206. The van der Waals surface area contributed by atoms with E-state index >= 15 is 0 Å². The average Bonchev–Trinajstić information content (AvgIpc) is 3.03. The van der Waals surface area contributed by atoms with Gasteiger partial charge in [-0.1, -0.05) is 57.0 Å². The van der Waals surface area contributed by atoms with Crippen molar-refractivity contribution in [1.29, 1.82) is 0 Å². The highest BCUT2D eigenvalue weighted by molar-refractivity contribution is 7.80. The van der Waals surface area contributed by atoms with Crippen LogP contribution in [0.2, 0.25) is 0 Å². The second kappa shape index (κ2) is 7.90. The summed E-state index contributed by atoms with van der Waals surface area (Å²) in [6.07, 6.45) is 4.74. The minimum Gasteiger partial charge on any atom is -0.485 e. The van der Waals surface area contributed by atoms with E-state index in [2.05, 4.69) is 49.1 Å². The van der Waals surface area contributed by atoms with Gasteiger partial charge < -0.3 is 9.64 Å². The lowest BCUT2D eigenvalue weighted by Crippen LogP contribution is -2.35. The van der Waals surface area contributed by atoms with Crippen LogP contribution in [0.4, 0.5) is 0 Å². The average molecular weight is 305 g/mol. The van der Waals surface area contributed by atoms with Crippen molar-refractivity contribution in [2.24, 2.45) is 0 Å². The van der Waals surface area contributed by atoms with Gasteiger partial charge in [-0.3, -0.25) is 0 Å². The molecular weight excluding hydrogens is 278 g/mol. The van der Waals surface area contributed by atoms with Crippen LogP contribution < -0.4 is 0 Å². The zero-order chi connectivity index (χ0) is 15.1. The maximum atomic E-state index is 6.01. The molecule has 1 aromatic rings. The first kappa shape index (κ1) is 16.4. The van der Waals surface area contributed by atoms with E-state index < -0.39 is 0 Å². The second-order valence-corrected chi connectivity index (χ2v) is 6.19. The summed E-state index contributed by atoms with van der Waals surface area (Å²) in [6, 6.07) is 10.7. The van der Waals surface area contributed by atoms with Crippen LogP contribution in [0.1, 0.15) is 45.1 Å². The molecule has 1 aromatic carbocycles. The van der Waals surface area contributed by atoms with Gasteiger partial charge in [0.15, 0.2) is 5.05 Å². The number of benzene rings is 1. The number of hydrogen-bond acceptors (Lipinski definition) is 3. The van der Waals surface area contributed by atoms with Gasteiger partial charge >= 0.3 is 0 Å². The Morgan fingerprint density at radius 3 is 2.33 bits per heavy atom. The lowest BCUT2D eigenvalue weighted by atomic mass is 9.79. The van der Waals surface area contributed by atoms with E-state index in [0.717, 1.165) is 37.5 Å². The smallest absolute Gasteiger partial charge is 0.170 e. The number of likely N-dealkylation sites (N-methyl/N-ethyl adjacent to an activating group) is 1. The van der Waals surface area contributed by atoms with Gasteiger partial charge in [-0.2, -0.15) is 0 Å². The fraction of sp³-hybridized carbons (Fsp3) is 0.611. The van der Waals surface area contributed by atoms with E-state index in [1.54, 1.807) is 0 Å². The molecule has 0 aromatic heterocycles. The summed E-state index contributed by atoms with van der Waals surface area (Å²) in [7, 11) is 0. The molecule has 0 bridgehead atoms. The molecule has 21 heavy (non-hydrogen) atoms. The van der Waals surface area contributed by atoms with Crippen LogP contribution in [0, 0.1) is 0 Å². The quantitative estimate of drug-likeness (QED) is 0.701.